The smallest absolute Gasteiger partial charge is 0.214 e. The molecule has 0 bridgehead atoms. The molecule has 3 heterocycles. The predicted molar refractivity (Wildman–Crippen MR) is 96.4 cm³/mol. The molecular formula is C17H25N5O2S. The van der Waals surface area contributed by atoms with Crippen LogP contribution in [0.1, 0.15) is 24.0 Å². The van der Waals surface area contributed by atoms with E-state index in [1.165, 1.54) is 0 Å². The van der Waals surface area contributed by atoms with Gasteiger partial charge in [0.15, 0.2) is 0 Å². The van der Waals surface area contributed by atoms with E-state index >= 15 is 0 Å². The van der Waals surface area contributed by atoms with Crippen molar-refractivity contribution in [1.82, 2.24) is 24.0 Å². The molecule has 0 N–H and O–H groups in total. The number of aromatic nitrogens is 3. The normalized spacial score (nSPS) is 15.5. The lowest BCUT2D eigenvalue weighted by Gasteiger charge is -2.26. The summed E-state index contributed by atoms with van der Waals surface area (Å²) in [4.78, 5) is 6.55. The van der Waals surface area contributed by atoms with Gasteiger partial charge in [0, 0.05) is 37.9 Å². The molecular weight excluding hydrogens is 338 g/mol. The van der Waals surface area contributed by atoms with E-state index in [-0.39, 0.29) is 5.75 Å². The summed E-state index contributed by atoms with van der Waals surface area (Å²) in [6.45, 7) is 4.86. The zero-order chi connectivity index (χ0) is 17.9. The van der Waals surface area contributed by atoms with Gasteiger partial charge >= 0.3 is 0 Å². The fourth-order valence-electron chi connectivity index (χ4n) is 3.01. The second kappa shape index (κ2) is 7.63. The van der Waals surface area contributed by atoms with Gasteiger partial charge < -0.3 is 4.90 Å². The third-order valence-corrected chi connectivity index (χ3v) is 6.31. The summed E-state index contributed by atoms with van der Waals surface area (Å²) in [5.74, 6) is 0.143. The summed E-state index contributed by atoms with van der Waals surface area (Å²) in [5.41, 5.74) is 3.03. The van der Waals surface area contributed by atoms with Crippen LogP contribution in [-0.2, 0) is 36.1 Å². The highest BCUT2D eigenvalue weighted by molar-refractivity contribution is 7.89. The Morgan fingerprint density at radius 3 is 2.80 bits per heavy atom. The summed E-state index contributed by atoms with van der Waals surface area (Å²) < 4.78 is 27.6. The van der Waals surface area contributed by atoms with Crippen LogP contribution in [0.25, 0.3) is 0 Å². The number of nitrogens with zero attached hydrogens (tertiary/aromatic N) is 5. The molecule has 136 valence electrons. The first-order chi connectivity index (χ1) is 12.0. The minimum absolute atomic E-state index is 0.143. The highest BCUT2D eigenvalue weighted by Gasteiger charge is 2.26. The molecule has 0 spiro atoms. The van der Waals surface area contributed by atoms with Crippen LogP contribution in [-0.4, -0.2) is 58.3 Å². The third kappa shape index (κ3) is 4.45. The van der Waals surface area contributed by atoms with Crippen molar-refractivity contribution in [3.8, 4) is 0 Å². The second-order valence-electron chi connectivity index (χ2n) is 6.39. The van der Waals surface area contributed by atoms with E-state index in [4.69, 9.17) is 0 Å². The van der Waals surface area contributed by atoms with E-state index in [1.807, 2.05) is 35.1 Å². The number of rotatable bonds is 7. The number of pyridine rings is 1. The van der Waals surface area contributed by atoms with Crippen molar-refractivity contribution in [2.45, 2.75) is 33.0 Å². The molecule has 0 fully saturated rings. The minimum atomic E-state index is -3.14. The first-order valence-corrected chi connectivity index (χ1v) is 10.2. The quantitative estimate of drug-likeness (QED) is 0.737. The molecule has 8 heteroatoms. The number of sulfonamides is 1. The Morgan fingerprint density at radius 1 is 1.24 bits per heavy atom. The van der Waals surface area contributed by atoms with Gasteiger partial charge in [-0.15, -0.1) is 0 Å². The Hall–Kier alpha value is -1.77. The summed E-state index contributed by atoms with van der Waals surface area (Å²) >= 11 is 0. The molecule has 25 heavy (non-hydrogen) atoms. The van der Waals surface area contributed by atoms with Gasteiger partial charge in [0.2, 0.25) is 10.0 Å². The lowest BCUT2D eigenvalue weighted by atomic mass is 10.2. The van der Waals surface area contributed by atoms with Crippen molar-refractivity contribution in [3.63, 3.8) is 0 Å². The average Bonchev–Trinajstić information content (AvgIpc) is 3.02. The first-order valence-electron chi connectivity index (χ1n) is 8.60. The van der Waals surface area contributed by atoms with Gasteiger partial charge in [0.1, 0.15) is 0 Å². The van der Waals surface area contributed by atoms with Gasteiger partial charge in [-0.25, -0.2) is 8.42 Å². The van der Waals surface area contributed by atoms with Gasteiger partial charge in [0.25, 0.3) is 0 Å². The Labute approximate surface area is 149 Å². The molecule has 0 aliphatic carbocycles. The van der Waals surface area contributed by atoms with Crippen LogP contribution in [0.3, 0.4) is 0 Å². The standard InChI is InChI=1S/C17H25N5O2S/c1-3-25(23,24)21-10-11-22-17(14-21)12-16(19-22)13-20(2)9-7-15-6-4-5-8-18-15/h4-6,8,12H,3,7,9-11,13-14H2,1-2H3. The zero-order valence-electron chi connectivity index (χ0n) is 14.8. The first kappa shape index (κ1) is 18.0. The van der Waals surface area contributed by atoms with Gasteiger partial charge in [-0.2, -0.15) is 9.40 Å². The molecule has 1 aliphatic heterocycles. The Bertz CT molecular complexity index is 804. The molecule has 0 unspecified atom stereocenters. The van der Waals surface area contributed by atoms with Crippen molar-refractivity contribution in [2.24, 2.45) is 0 Å². The van der Waals surface area contributed by atoms with E-state index < -0.39 is 10.0 Å². The molecule has 3 rings (SSSR count). The van der Waals surface area contributed by atoms with E-state index in [1.54, 1.807) is 11.2 Å². The van der Waals surface area contributed by atoms with E-state index in [2.05, 4.69) is 22.0 Å². The van der Waals surface area contributed by atoms with E-state index in [9.17, 15) is 8.42 Å². The van der Waals surface area contributed by atoms with Gasteiger partial charge in [-0.3, -0.25) is 9.67 Å². The maximum atomic E-state index is 12.1. The van der Waals surface area contributed by atoms with E-state index in [0.717, 1.165) is 36.6 Å². The molecule has 0 saturated carbocycles. The van der Waals surface area contributed by atoms with Crippen molar-refractivity contribution < 1.29 is 8.42 Å². The van der Waals surface area contributed by atoms with E-state index in [0.29, 0.717) is 19.6 Å². The highest BCUT2D eigenvalue weighted by atomic mass is 32.2. The molecule has 2 aromatic rings. The van der Waals surface area contributed by atoms with Crippen molar-refractivity contribution in [2.75, 3.05) is 25.9 Å². The number of likely N-dealkylation sites (N-methyl/N-ethyl adjacent to an activating group) is 1. The minimum Gasteiger partial charge on any atom is -0.300 e. The topological polar surface area (TPSA) is 71.3 Å². The predicted octanol–water partition coefficient (Wildman–Crippen LogP) is 1.12. The lowest BCUT2D eigenvalue weighted by molar-refractivity contribution is 0.315. The molecule has 0 aromatic carbocycles. The maximum Gasteiger partial charge on any atom is 0.214 e. The van der Waals surface area contributed by atoms with Crippen LogP contribution >= 0.6 is 0 Å². The van der Waals surface area contributed by atoms with Crippen LogP contribution in [0, 0.1) is 0 Å². The lowest BCUT2D eigenvalue weighted by Crippen LogP contribution is -2.39. The fraction of sp³-hybridized carbons (Fsp3) is 0.529. The van der Waals surface area contributed by atoms with Crippen LogP contribution in [0.2, 0.25) is 0 Å². The number of fused-ring (bicyclic) bond motifs is 1. The Balaban J connectivity index is 1.58. The summed E-state index contributed by atoms with van der Waals surface area (Å²) in [7, 11) is -1.08. The fourth-order valence-corrected chi connectivity index (χ4v) is 4.06. The van der Waals surface area contributed by atoms with Crippen LogP contribution in [0.4, 0.5) is 0 Å². The SMILES string of the molecule is CCS(=O)(=O)N1CCn2nc(CN(C)CCc3ccccn3)cc2C1. The Kier molecular flexibility index (Phi) is 5.51. The van der Waals surface area contributed by atoms with Gasteiger partial charge in [0.05, 0.1) is 30.2 Å². The molecule has 0 radical (unpaired) electrons. The molecule has 0 atom stereocenters. The summed E-state index contributed by atoms with van der Waals surface area (Å²) in [6.07, 6.45) is 2.71. The van der Waals surface area contributed by atoms with Gasteiger partial charge in [-0.05, 0) is 32.2 Å². The van der Waals surface area contributed by atoms with Crippen LogP contribution < -0.4 is 0 Å². The highest BCUT2D eigenvalue weighted by Crippen LogP contribution is 2.17. The second-order valence-corrected chi connectivity index (χ2v) is 8.65. The van der Waals surface area contributed by atoms with Crippen LogP contribution in [0.5, 0.6) is 0 Å². The third-order valence-electron chi connectivity index (χ3n) is 4.48. The molecule has 0 saturated heterocycles. The Morgan fingerprint density at radius 2 is 2.08 bits per heavy atom. The molecule has 0 amide bonds. The monoisotopic (exact) mass is 363 g/mol. The van der Waals surface area contributed by atoms with Crippen molar-refractivity contribution in [1.29, 1.82) is 0 Å². The number of hydrogen-bond donors (Lipinski definition) is 0. The van der Waals surface area contributed by atoms with Crippen LogP contribution in [0.15, 0.2) is 30.5 Å². The number of hydrogen-bond acceptors (Lipinski definition) is 5. The molecule has 7 nitrogen and oxygen atoms in total. The summed E-state index contributed by atoms with van der Waals surface area (Å²) in [6, 6.07) is 7.98. The van der Waals surface area contributed by atoms with Gasteiger partial charge in [-0.1, -0.05) is 6.07 Å². The summed E-state index contributed by atoms with van der Waals surface area (Å²) in [5, 5.41) is 4.63. The molecule has 2 aromatic heterocycles. The maximum absolute atomic E-state index is 12.1. The molecule has 1 aliphatic rings. The van der Waals surface area contributed by atoms with Crippen molar-refractivity contribution >= 4 is 10.0 Å². The zero-order valence-corrected chi connectivity index (χ0v) is 15.6. The van der Waals surface area contributed by atoms with Crippen molar-refractivity contribution in [3.05, 3.63) is 47.5 Å². The average molecular weight is 363 g/mol. The largest absolute Gasteiger partial charge is 0.300 e.